The Labute approximate surface area is 120 Å². The highest BCUT2D eigenvalue weighted by molar-refractivity contribution is 6.30. The number of aromatic nitrogens is 1. The van der Waals surface area contributed by atoms with E-state index in [0.717, 1.165) is 0 Å². The average Bonchev–Trinajstić information content (AvgIpc) is 2.41. The molecule has 0 fully saturated rings. The van der Waals surface area contributed by atoms with Crippen molar-refractivity contribution < 1.29 is 9.66 Å². The molecule has 0 aliphatic heterocycles. The van der Waals surface area contributed by atoms with Crippen molar-refractivity contribution in [3.05, 3.63) is 51.5 Å². The van der Waals surface area contributed by atoms with Crippen molar-refractivity contribution in [3.8, 4) is 11.6 Å². The molecule has 0 saturated heterocycles. The largest absolute Gasteiger partial charge is 0.439 e. The van der Waals surface area contributed by atoms with Gasteiger partial charge in [0, 0.05) is 11.6 Å². The molecular weight excluding hydrogens is 282 g/mol. The van der Waals surface area contributed by atoms with Crippen LogP contribution >= 0.6 is 11.6 Å². The predicted molar refractivity (Wildman–Crippen MR) is 76.6 cm³/mol. The fourth-order valence-corrected chi connectivity index (χ4v) is 1.67. The van der Waals surface area contributed by atoms with Gasteiger partial charge in [0.1, 0.15) is 11.6 Å². The first-order valence-electron chi connectivity index (χ1n) is 5.92. The Bertz CT molecular complexity index is 617. The molecule has 0 radical (unpaired) electrons. The van der Waals surface area contributed by atoms with Gasteiger partial charge in [0.25, 0.3) is 5.69 Å². The molecule has 0 spiro atoms. The minimum absolute atomic E-state index is 0.0834. The standard InChI is InChI=1S/C13H12ClN3O3/c1-2-15-12-7-10(17(18)19)8-13(16-12)20-11-5-3-9(14)4-6-11/h3-8H,2H2,1H3,(H,15,16). The Kier molecular flexibility index (Phi) is 4.37. The number of nitrogens with zero attached hydrogens (tertiary/aromatic N) is 2. The van der Waals surface area contributed by atoms with Crippen LogP contribution in [0, 0.1) is 10.1 Å². The summed E-state index contributed by atoms with van der Waals surface area (Å²) in [4.78, 5) is 14.5. The highest BCUT2D eigenvalue weighted by Crippen LogP contribution is 2.27. The van der Waals surface area contributed by atoms with Gasteiger partial charge in [-0.05, 0) is 31.2 Å². The number of rotatable bonds is 5. The Hall–Kier alpha value is -2.34. The van der Waals surface area contributed by atoms with E-state index in [1.165, 1.54) is 12.1 Å². The lowest BCUT2D eigenvalue weighted by atomic mass is 10.3. The molecule has 0 unspecified atom stereocenters. The molecule has 20 heavy (non-hydrogen) atoms. The van der Waals surface area contributed by atoms with Gasteiger partial charge >= 0.3 is 0 Å². The fourth-order valence-electron chi connectivity index (χ4n) is 1.54. The molecule has 7 heteroatoms. The number of nitro groups is 1. The molecule has 0 saturated carbocycles. The Morgan fingerprint density at radius 1 is 1.35 bits per heavy atom. The minimum Gasteiger partial charge on any atom is -0.439 e. The smallest absolute Gasteiger partial charge is 0.278 e. The van der Waals surface area contributed by atoms with Crippen molar-refractivity contribution in [2.24, 2.45) is 0 Å². The molecule has 6 nitrogen and oxygen atoms in total. The van der Waals surface area contributed by atoms with Crippen molar-refractivity contribution in [3.63, 3.8) is 0 Å². The number of hydrogen-bond donors (Lipinski definition) is 1. The van der Waals surface area contributed by atoms with E-state index in [1.54, 1.807) is 24.3 Å². The predicted octanol–water partition coefficient (Wildman–Crippen LogP) is 3.87. The summed E-state index contributed by atoms with van der Waals surface area (Å²) in [6.45, 7) is 2.48. The number of ether oxygens (including phenoxy) is 1. The zero-order valence-electron chi connectivity index (χ0n) is 10.7. The second-order valence-electron chi connectivity index (χ2n) is 3.89. The second kappa shape index (κ2) is 6.21. The van der Waals surface area contributed by atoms with Crippen LogP contribution in [0.2, 0.25) is 5.02 Å². The first-order chi connectivity index (χ1) is 9.58. The SMILES string of the molecule is CCNc1cc([N+](=O)[O-])cc(Oc2ccc(Cl)cc2)n1. The van der Waals surface area contributed by atoms with E-state index in [1.807, 2.05) is 6.92 Å². The molecule has 1 heterocycles. The maximum Gasteiger partial charge on any atom is 0.278 e. The summed E-state index contributed by atoms with van der Waals surface area (Å²) < 4.78 is 5.50. The van der Waals surface area contributed by atoms with E-state index in [4.69, 9.17) is 16.3 Å². The van der Waals surface area contributed by atoms with Crippen molar-refractivity contribution in [1.82, 2.24) is 4.98 Å². The highest BCUT2D eigenvalue weighted by atomic mass is 35.5. The maximum atomic E-state index is 10.9. The van der Waals surface area contributed by atoms with Gasteiger partial charge in [-0.25, -0.2) is 0 Å². The summed E-state index contributed by atoms with van der Waals surface area (Å²) in [5.74, 6) is 1.05. The van der Waals surface area contributed by atoms with Crippen LogP contribution in [0.4, 0.5) is 11.5 Å². The number of pyridine rings is 1. The van der Waals surface area contributed by atoms with Crippen molar-refractivity contribution in [2.75, 3.05) is 11.9 Å². The van der Waals surface area contributed by atoms with Crippen LogP contribution in [0.1, 0.15) is 6.92 Å². The molecule has 0 aliphatic rings. The molecule has 0 aliphatic carbocycles. The van der Waals surface area contributed by atoms with Crippen LogP contribution in [-0.2, 0) is 0 Å². The molecule has 1 aromatic heterocycles. The summed E-state index contributed by atoms with van der Waals surface area (Å²) >= 11 is 5.78. The van der Waals surface area contributed by atoms with E-state index in [0.29, 0.717) is 23.1 Å². The van der Waals surface area contributed by atoms with Crippen molar-refractivity contribution >= 4 is 23.1 Å². The lowest BCUT2D eigenvalue weighted by Gasteiger charge is -2.07. The molecular formula is C13H12ClN3O3. The molecule has 1 aromatic carbocycles. The van der Waals surface area contributed by atoms with Gasteiger partial charge in [0.15, 0.2) is 0 Å². The molecule has 104 valence electrons. The van der Waals surface area contributed by atoms with E-state index in [2.05, 4.69) is 10.3 Å². The molecule has 1 N–H and O–H groups in total. The third-order valence-electron chi connectivity index (χ3n) is 2.39. The second-order valence-corrected chi connectivity index (χ2v) is 4.33. The lowest BCUT2D eigenvalue weighted by Crippen LogP contribution is -2.01. The van der Waals surface area contributed by atoms with Gasteiger partial charge in [-0.3, -0.25) is 10.1 Å². The lowest BCUT2D eigenvalue weighted by molar-refractivity contribution is -0.384. The maximum absolute atomic E-state index is 10.9. The number of nitrogens with one attached hydrogen (secondary N) is 1. The van der Waals surface area contributed by atoms with Crippen LogP contribution in [0.25, 0.3) is 0 Å². The normalized spacial score (nSPS) is 10.1. The summed E-state index contributed by atoms with van der Waals surface area (Å²) in [7, 11) is 0. The first-order valence-corrected chi connectivity index (χ1v) is 6.30. The van der Waals surface area contributed by atoms with Crippen molar-refractivity contribution in [1.29, 1.82) is 0 Å². The third kappa shape index (κ3) is 3.58. The minimum atomic E-state index is -0.489. The van der Waals surface area contributed by atoms with Gasteiger partial charge in [0.2, 0.25) is 5.88 Å². The number of anilines is 1. The van der Waals surface area contributed by atoms with Gasteiger partial charge in [-0.2, -0.15) is 4.98 Å². The van der Waals surface area contributed by atoms with Gasteiger partial charge in [0.05, 0.1) is 17.1 Å². The molecule has 2 rings (SSSR count). The Morgan fingerprint density at radius 3 is 2.65 bits per heavy atom. The fraction of sp³-hybridized carbons (Fsp3) is 0.154. The van der Waals surface area contributed by atoms with Crippen LogP contribution in [0.5, 0.6) is 11.6 Å². The van der Waals surface area contributed by atoms with Crippen LogP contribution in [0.3, 0.4) is 0 Å². The third-order valence-corrected chi connectivity index (χ3v) is 2.64. The number of hydrogen-bond acceptors (Lipinski definition) is 5. The first kappa shape index (κ1) is 14.1. The Morgan fingerprint density at radius 2 is 2.05 bits per heavy atom. The summed E-state index contributed by atoms with van der Waals surface area (Å²) in [6, 6.07) is 9.29. The zero-order valence-corrected chi connectivity index (χ0v) is 11.4. The van der Waals surface area contributed by atoms with Crippen LogP contribution in [-0.4, -0.2) is 16.5 Å². The van der Waals surface area contributed by atoms with Crippen LogP contribution in [0.15, 0.2) is 36.4 Å². The molecule has 2 aromatic rings. The monoisotopic (exact) mass is 293 g/mol. The van der Waals surface area contributed by atoms with E-state index in [-0.39, 0.29) is 11.6 Å². The molecule has 0 atom stereocenters. The van der Waals surface area contributed by atoms with Gasteiger partial charge in [-0.15, -0.1) is 0 Å². The van der Waals surface area contributed by atoms with Crippen molar-refractivity contribution in [2.45, 2.75) is 6.92 Å². The van der Waals surface area contributed by atoms with E-state index >= 15 is 0 Å². The van der Waals surface area contributed by atoms with E-state index in [9.17, 15) is 10.1 Å². The number of halogens is 1. The quantitative estimate of drug-likeness (QED) is 0.669. The Balaban J connectivity index is 2.29. The van der Waals surface area contributed by atoms with E-state index < -0.39 is 4.92 Å². The number of benzene rings is 1. The summed E-state index contributed by atoms with van der Waals surface area (Å²) in [5.41, 5.74) is -0.0834. The highest BCUT2D eigenvalue weighted by Gasteiger charge is 2.12. The van der Waals surface area contributed by atoms with Crippen LogP contribution < -0.4 is 10.1 Å². The average molecular weight is 294 g/mol. The molecule has 0 amide bonds. The summed E-state index contributed by atoms with van der Waals surface area (Å²) in [5, 5.41) is 14.4. The topological polar surface area (TPSA) is 77.3 Å². The summed E-state index contributed by atoms with van der Waals surface area (Å²) in [6.07, 6.45) is 0. The van der Waals surface area contributed by atoms with Gasteiger partial charge < -0.3 is 10.1 Å². The molecule has 0 bridgehead atoms. The van der Waals surface area contributed by atoms with Gasteiger partial charge in [-0.1, -0.05) is 11.6 Å². The zero-order chi connectivity index (χ0) is 14.5.